The molecule has 0 amide bonds. The molecule has 4 nitrogen and oxygen atoms in total. The second-order valence-corrected chi connectivity index (χ2v) is 4.20. The first kappa shape index (κ1) is 10.9. The van der Waals surface area contributed by atoms with Crippen LogP contribution in [0.5, 0.6) is 0 Å². The lowest BCUT2D eigenvalue weighted by Gasteiger charge is -2.23. The van der Waals surface area contributed by atoms with Crippen molar-refractivity contribution in [1.82, 2.24) is 15.1 Å². The van der Waals surface area contributed by atoms with E-state index in [4.69, 9.17) is 16.3 Å². The second-order valence-electron chi connectivity index (χ2n) is 3.76. The van der Waals surface area contributed by atoms with E-state index < -0.39 is 0 Å². The van der Waals surface area contributed by atoms with Crippen molar-refractivity contribution >= 4 is 11.6 Å². The SMILES string of the molecule is Clc1cnn(CCNC2CCOCC2)c1. The monoisotopic (exact) mass is 229 g/mol. The van der Waals surface area contributed by atoms with Crippen LogP contribution in [0, 0.1) is 0 Å². The zero-order valence-electron chi connectivity index (χ0n) is 8.66. The number of hydrogen-bond donors (Lipinski definition) is 1. The first-order chi connectivity index (χ1) is 7.34. The summed E-state index contributed by atoms with van der Waals surface area (Å²) in [5.74, 6) is 0. The minimum Gasteiger partial charge on any atom is -0.381 e. The molecule has 1 aromatic heterocycles. The lowest BCUT2D eigenvalue weighted by Crippen LogP contribution is -2.36. The molecule has 0 unspecified atom stereocenters. The molecule has 1 saturated heterocycles. The molecule has 1 fully saturated rings. The summed E-state index contributed by atoms with van der Waals surface area (Å²) in [5.41, 5.74) is 0. The summed E-state index contributed by atoms with van der Waals surface area (Å²) in [6.07, 6.45) is 5.73. The maximum Gasteiger partial charge on any atom is 0.0785 e. The van der Waals surface area contributed by atoms with Crippen molar-refractivity contribution in [2.24, 2.45) is 0 Å². The van der Waals surface area contributed by atoms with Gasteiger partial charge in [0.15, 0.2) is 0 Å². The summed E-state index contributed by atoms with van der Waals surface area (Å²) < 4.78 is 7.15. The van der Waals surface area contributed by atoms with Crippen LogP contribution < -0.4 is 5.32 Å². The van der Waals surface area contributed by atoms with E-state index in [1.807, 2.05) is 10.9 Å². The second kappa shape index (κ2) is 5.49. The van der Waals surface area contributed by atoms with Gasteiger partial charge < -0.3 is 10.1 Å². The van der Waals surface area contributed by atoms with Gasteiger partial charge in [0.1, 0.15) is 0 Å². The standard InChI is InChI=1S/C10H16ClN3O/c11-9-7-13-14(8-9)4-3-12-10-1-5-15-6-2-10/h7-8,10,12H,1-6H2. The molecule has 5 heteroatoms. The molecule has 2 rings (SSSR count). The van der Waals surface area contributed by atoms with Crippen molar-refractivity contribution in [3.05, 3.63) is 17.4 Å². The van der Waals surface area contributed by atoms with Crippen LogP contribution in [0.15, 0.2) is 12.4 Å². The Morgan fingerprint density at radius 3 is 3.00 bits per heavy atom. The predicted octanol–water partition coefficient (Wildman–Crippen LogP) is 1.31. The van der Waals surface area contributed by atoms with E-state index in [1.54, 1.807) is 6.20 Å². The van der Waals surface area contributed by atoms with Crippen LogP contribution in [0.3, 0.4) is 0 Å². The van der Waals surface area contributed by atoms with Gasteiger partial charge >= 0.3 is 0 Å². The van der Waals surface area contributed by atoms with Gasteiger partial charge in [0, 0.05) is 32.0 Å². The minimum atomic E-state index is 0.602. The van der Waals surface area contributed by atoms with E-state index in [9.17, 15) is 0 Å². The van der Waals surface area contributed by atoms with Gasteiger partial charge in [0.2, 0.25) is 0 Å². The van der Waals surface area contributed by atoms with Crippen molar-refractivity contribution in [1.29, 1.82) is 0 Å². The highest BCUT2D eigenvalue weighted by molar-refractivity contribution is 6.30. The van der Waals surface area contributed by atoms with E-state index in [0.717, 1.165) is 39.1 Å². The van der Waals surface area contributed by atoms with Gasteiger partial charge in [-0.15, -0.1) is 0 Å². The zero-order valence-corrected chi connectivity index (χ0v) is 9.41. The molecule has 1 N–H and O–H groups in total. The maximum atomic E-state index is 5.77. The molecular weight excluding hydrogens is 214 g/mol. The van der Waals surface area contributed by atoms with Crippen LogP contribution in [-0.2, 0) is 11.3 Å². The fourth-order valence-corrected chi connectivity index (χ4v) is 1.90. The van der Waals surface area contributed by atoms with Gasteiger partial charge in [-0.1, -0.05) is 11.6 Å². The van der Waals surface area contributed by atoms with E-state index in [2.05, 4.69) is 10.4 Å². The van der Waals surface area contributed by atoms with Crippen molar-refractivity contribution in [2.75, 3.05) is 19.8 Å². The van der Waals surface area contributed by atoms with Gasteiger partial charge in [0.25, 0.3) is 0 Å². The maximum absolute atomic E-state index is 5.77. The number of hydrogen-bond acceptors (Lipinski definition) is 3. The van der Waals surface area contributed by atoms with Crippen molar-refractivity contribution in [2.45, 2.75) is 25.4 Å². The molecule has 1 aromatic rings. The average Bonchev–Trinajstić information content (AvgIpc) is 2.66. The van der Waals surface area contributed by atoms with Gasteiger partial charge in [-0.05, 0) is 12.8 Å². The van der Waals surface area contributed by atoms with Crippen LogP contribution in [0.4, 0.5) is 0 Å². The number of aromatic nitrogens is 2. The molecule has 0 bridgehead atoms. The highest BCUT2D eigenvalue weighted by Crippen LogP contribution is 2.06. The summed E-state index contributed by atoms with van der Waals surface area (Å²) in [6, 6.07) is 0.602. The summed E-state index contributed by atoms with van der Waals surface area (Å²) in [6.45, 7) is 3.56. The molecule has 1 aliphatic rings. The molecule has 2 heterocycles. The average molecular weight is 230 g/mol. The first-order valence-corrected chi connectivity index (χ1v) is 5.71. The molecule has 15 heavy (non-hydrogen) atoms. The Morgan fingerprint density at radius 2 is 2.33 bits per heavy atom. The largest absolute Gasteiger partial charge is 0.381 e. The van der Waals surface area contributed by atoms with Gasteiger partial charge in [0.05, 0.1) is 17.8 Å². The molecule has 84 valence electrons. The van der Waals surface area contributed by atoms with E-state index in [0.29, 0.717) is 11.1 Å². The Labute approximate surface area is 94.6 Å². The Morgan fingerprint density at radius 1 is 1.53 bits per heavy atom. The highest BCUT2D eigenvalue weighted by Gasteiger charge is 2.12. The van der Waals surface area contributed by atoms with Gasteiger partial charge in [-0.25, -0.2) is 0 Å². The summed E-state index contributed by atoms with van der Waals surface area (Å²) in [5, 5.41) is 8.31. The number of rotatable bonds is 4. The fraction of sp³-hybridized carbons (Fsp3) is 0.700. The molecule has 0 aromatic carbocycles. The van der Waals surface area contributed by atoms with Crippen molar-refractivity contribution in [3.63, 3.8) is 0 Å². The fourth-order valence-electron chi connectivity index (χ4n) is 1.75. The number of ether oxygens (including phenoxy) is 1. The molecule has 1 aliphatic heterocycles. The highest BCUT2D eigenvalue weighted by atomic mass is 35.5. The van der Waals surface area contributed by atoms with Crippen LogP contribution in [0.25, 0.3) is 0 Å². The third kappa shape index (κ3) is 3.48. The van der Waals surface area contributed by atoms with Crippen molar-refractivity contribution in [3.8, 4) is 0 Å². The molecule has 0 saturated carbocycles. The van der Waals surface area contributed by atoms with Crippen LogP contribution >= 0.6 is 11.6 Å². The van der Waals surface area contributed by atoms with E-state index in [1.165, 1.54) is 0 Å². The predicted molar refractivity (Wildman–Crippen MR) is 59.1 cm³/mol. The third-order valence-electron chi connectivity index (χ3n) is 2.60. The topological polar surface area (TPSA) is 39.1 Å². The lowest BCUT2D eigenvalue weighted by molar-refractivity contribution is 0.0778. The normalized spacial score (nSPS) is 18.2. The molecule has 0 spiro atoms. The number of nitrogens with zero attached hydrogens (tertiary/aromatic N) is 2. The Hall–Kier alpha value is -0.580. The summed E-state index contributed by atoms with van der Waals surface area (Å²) >= 11 is 5.77. The quantitative estimate of drug-likeness (QED) is 0.846. The molecular formula is C10H16ClN3O. The van der Waals surface area contributed by atoms with E-state index >= 15 is 0 Å². The van der Waals surface area contributed by atoms with E-state index in [-0.39, 0.29) is 0 Å². The van der Waals surface area contributed by atoms with Gasteiger partial charge in [-0.3, -0.25) is 4.68 Å². The van der Waals surface area contributed by atoms with Crippen molar-refractivity contribution < 1.29 is 4.74 Å². The Bertz CT molecular complexity index is 297. The minimum absolute atomic E-state index is 0.602. The summed E-state index contributed by atoms with van der Waals surface area (Å²) in [7, 11) is 0. The Balaban J connectivity index is 1.65. The lowest BCUT2D eigenvalue weighted by atomic mass is 10.1. The molecule has 0 aliphatic carbocycles. The van der Waals surface area contributed by atoms with Crippen LogP contribution in [-0.4, -0.2) is 35.6 Å². The smallest absolute Gasteiger partial charge is 0.0785 e. The Kier molecular flexibility index (Phi) is 4.00. The van der Waals surface area contributed by atoms with Crippen LogP contribution in [0.1, 0.15) is 12.8 Å². The third-order valence-corrected chi connectivity index (χ3v) is 2.79. The zero-order chi connectivity index (χ0) is 10.5. The number of halogens is 1. The molecule has 0 atom stereocenters. The number of nitrogens with one attached hydrogen (secondary N) is 1. The van der Waals surface area contributed by atoms with Crippen LogP contribution in [0.2, 0.25) is 5.02 Å². The summed E-state index contributed by atoms with van der Waals surface area (Å²) in [4.78, 5) is 0. The first-order valence-electron chi connectivity index (χ1n) is 5.34. The van der Waals surface area contributed by atoms with Gasteiger partial charge in [-0.2, -0.15) is 5.10 Å². The molecule has 0 radical (unpaired) electrons.